The van der Waals surface area contributed by atoms with Gasteiger partial charge >= 0.3 is 11.9 Å². The number of imidazole rings is 1. The first-order valence-corrected chi connectivity index (χ1v) is 7.19. The molecule has 0 aliphatic rings. The Morgan fingerprint density at radius 1 is 1.41 bits per heavy atom. The number of fused-ring (bicyclic) bond motifs is 3. The predicted octanol–water partition coefficient (Wildman–Crippen LogP) is 1.60. The summed E-state index contributed by atoms with van der Waals surface area (Å²) in [7, 11) is 0. The molecule has 0 fully saturated rings. The molecular formula is C11H11BrF3N6O+. The second kappa shape index (κ2) is 5.07. The van der Waals surface area contributed by atoms with Crippen LogP contribution in [0.1, 0.15) is 18.7 Å². The van der Waals surface area contributed by atoms with Gasteiger partial charge in [-0.3, -0.25) is 4.98 Å². The molecule has 0 bridgehead atoms. The van der Waals surface area contributed by atoms with E-state index in [2.05, 4.69) is 36.0 Å². The highest BCUT2D eigenvalue weighted by Gasteiger charge is 2.28. The zero-order valence-corrected chi connectivity index (χ0v) is 12.9. The minimum absolute atomic E-state index is 0.0789. The van der Waals surface area contributed by atoms with Gasteiger partial charge in [0.1, 0.15) is 5.82 Å². The highest BCUT2D eigenvalue weighted by Crippen LogP contribution is 2.22. The molecule has 3 aromatic rings. The van der Waals surface area contributed by atoms with Crippen molar-refractivity contribution < 1.29 is 18.2 Å². The molecule has 0 aliphatic heterocycles. The van der Waals surface area contributed by atoms with Crippen molar-refractivity contribution in [2.45, 2.75) is 32.5 Å². The van der Waals surface area contributed by atoms with Gasteiger partial charge in [-0.1, -0.05) is 0 Å². The Hall–Kier alpha value is -1.91. The molecule has 0 radical (unpaired) electrons. The average molecular weight is 380 g/mol. The third kappa shape index (κ3) is 2.60. The standard InChI is InChI=1S/C11H10BrF3N6O/c1-5-16-8-6-7(18-9(12)17-6)20(10(22)21(8)19-5)4-2-3-11(13,14)15/h2-4H2,1H3,(H,17,18)/p+1. The molecule has 3 rings (SSSR count). The number of nitrogens with one attached hydrogen (secondary N) is 2. The first-order chi connectivity index (χ1) is 10.3. The summed E-state index contributed by atoms with van der Waals surface area (Å²) >= 11 is 3.21. The quantitative estimate of drug-likeness (QED) is 0.701. The SMILES string of the molecule is Cc1nc2c3[nH]c(Br)[nH+]c3n(CCCC(F)(F)F)c(=O)n2n1. The largest absolute Gasteiger partial charge is 0.409 e. The third-order valence-corrected chi connectivity index (χ3v) is 3.56. The van der Waals surface area contributed by atoms with Crippen LogP contribution in [0.3, 0.4) is 0 Å². The topological polar surface area (TPSA) is 82.1 Å². The van der Waals surface area contributed by atoms with E-state index in [1.807, 2.05) is 0 Å². The van der Waals surface area contributed by atoms with Gasteiger partial charge in [0, 0.05) is 22.4 Å². The van der Waals surface area contributed by atoms with Crippen LogP contribution < -0.4 is 10.7 Å². The fourth-order valence-electron chi connectivity index (χ4n) is 2.30. The van der Waals surface area contributed by atoms with Crippen molar-refractivity contribution in [3.05, 3.63) is 21.0 Å². The Morgan fingerprint density at radius 2 is 2.14 bits per heavy atom. The fraction of sp³-hybridized carbons (Fsp3) is 0.455. The third-order valence-electron chi connectivity index (χ3n) is 3.16. The van der Waals surface area contributed by atoms with Crippen LogP contribution in [0.2, 0.25) is 0 Å². The van der Waals surface area contributed by atoms with E-state index in [0.717, 1.165) is 4.52 Å². The molecule has 7 nitrogen and oxygen atoms in total. The second-order valence-corrected chi connectivity index (χ2v) is 5.63. The molecule has 0 saturated heterocycles. The lowest BCUT2D eigenvalue weighted by atomic mass is 10.3. The first-order valence-electron chi connectivity index (χ1n) is 6.40. The molecule has 2 N–H and O–H groups in total. The van der Waals surface area contributed by atoms with Gasteiger partial charge in [-0.25, -0.2) is 19.3 Å². The number of aromatic nitrogens is 6. The molecule has 0 atom stereocenters. The van der Waals surface area contributed by atoms with Gasteiger partial charge in [0.25, 0.3) is 10.4 Å². The zero-order valence-electron chi connectivity index (χ0n) is 11.3. The number of H-pyrrole nitrogens is 2. The van der Waals surface area contributed by atoms with Crippen molar-refractivity contribution in [1.82, 2.24) is 24.1 Å². The monoisotopic (exact) mass is 379 g/mol. The predicted molar refractivity (Wildman–Crippen MR) is 73.4 cm³/mol. The van der Waals surface area contributed by atoms with Crippen molar-refractivity contribution in [2.24, 2.45) is 0 Å². The van der Waals surface area contributed by atoms with E-state index in [-0.39, 0.29) is 13.0 Å². The molecule has 3 heterocycles. The number of rotatable bonds is 3. The van der Waals surface area contributed by atoms with Crippen LogP contribution in [0, 0.1) is 6.92 Å². The number of alkyl halides is 3. The Morgan fingerprint density at radius 3 is 2.82 bits per heavy atom. The summed E-state index contributed by atoms with van der Waals surface area (Å²) in [5, 5.41) is 3.99. The summed E-state index contributed by atoms with van der Waals surface area (Å²) in [6.45, 7) is 1.55. The molecule has 0 spiro atoms. The molecule has 0 saturated carbocycles. The van der Waals surface area contributed by atoms with Crippen LogP contribution in [0.4, 0.5) is 13.2 Å². The zero-order chi connectivity index (χ0) is 16.1. The van der Waals surface area contributed by atoms with Gasteiger partial charge in [0.15, 0.2) is 0 Å². The highest BCUT2D eigenvalue weighted by molar-refractivity contribution is 9.10. The van der Waals surface area contributed by atoms with Gasteiger partial charge in [-0.05, 0) is 13.3 Å². The van der Waals surface area contributed by atoms with Crippen LogP contribution in [0.25, 0.3) is 16.8 Å². The number of aryl methyl sites for hydroxylation is 2. The van der Waals surface area contributed by atoms with Crippen LogP contribution in [-0.2, 0) is 6.54 Å². The summed E-state index contributed by atoms with van der Waals surface area (Å²) in [6, 6.07) is 0. The Labute approximate surface area is 129 Å². The summed E-state index contributed by atoms with van der Waals surface area (Å²) in [5.41, 5.74) is 0.664. The van der Waals surface area contributed by atoms with Crippen LogP contribution in [0.15, 0.2) is 9.53 Å². The molecule has 118 valence electrons. The van der Waals surface area contributed by atoms with E-state index in [1.54, 1.807) is 6.92 Å². The van der Waals surface area contributed by atoms with E-state index in [1.165, 1.54) is 4.57 Å². The van der Waals surface area contributed by atoms with E-state index >= 15 is 0 Å². The maximum Gasteiger partial charge on any atom is 0.409 e. The molecular weight excluding hydrogens is 369 g/mol. The molecule has 11 heteroatoms. The lowest BCUT2D eigenvalue weighted by molar-refractivity contribution is -0.364. The maximum atomic E-state index is 12.4. The van der Waals surface area contributed by atoms with Crippen molar-refractivity contribution in [1.29, 1.82) is 0 Å². The highest BCUT2D eigenvalue weighted by atomic mass is 79.9. The van der Waals surface area contributed by atoms with Crippen molar-refractivity contribution in [2.75, 3.05) is 0 Å². The normalized spacial score (nSPS) is 12.6. The second-order valence-electron chi connectivity index (χ2n) is 4.83. The molecule has 0 unspecified atom stereocenters. The van der Waals surface area contributed by atoms with E-state index in [4.69, 9.17) is 0 Å². The molecule has 0 aliphatic carbocycles. The van der Waals surface area contributed by atoms with E-state index in [9.17, 15) is 18.0 Å². The Bertz CT molecular complexity index is 908. The number of hydrogen-bond donors (Lipinski definition) is 1. The number of hydrogen-bond acceptors (Lipinski definition) is 3. The maximum absolute atomic E-state index is 12.4. The van der Waals surface area contributed by atoms with Crippen molar-refractivity contribution in [3.63, 3.8) is 0 Å². The van der Waals surface area contributed by atoms with E-state index in [0.29, 0.717) is 27.4 Å². The molecule has 0 amide bonds. The number of nitrogens with zero attached hydrogens (tertiary/aromatic N) is 4. The average Bonchev–Trinajstić information content (AvgIpc) is 2.95. The summed E-state index contributed by atoms with van der Waals surface area (Å²) in [6.07, 6.45) is -5.41. The smallest absolute Gasteiger partial charge is 0.258 e. The van der Waals surface area contributed by atoms with Crippen LogP contribution in [-0.4, -0.2) is 30.3 Å². The van der Waals surface area contributed by atoms with Crippen LogP contribution in [0.5, 0.6) is 0 Å². The van der Waals surface area contributed by atoms with Crippen molar-refractivity contribution >= 4 is 32.7 Å². The minimum atomic E-state index is -4.25. The number of aromatic amines is 2. The van der Waals surface area contributed by atoms with Gasteiger partial charge in [0.2, 0.25) is 11.2 Å². The minimum Gasteiger partial charge on any atom is -0.258 e. The van der Waals surface area contributed by atoms with Crippen LogP contribution >= 0.6 is 15.9 Å². The lowest BCUT2D eigenvalue weighted by Gasteiger charge is -2.06. The first kappa shape index (κ1) is 15.0. The lowest BCUT2D eigenvalue weighted by Crippen LogP contribution is -2.30. The Kier molecular flexibility index (Phi) is 3.46. The number of halogens is 4. The summed E-state index contributed by atoms with van der Waals surface area (Å²) < 4.78 is 39.7. The summed E-state index contributed by atoms with van der Waals surface area (Å²) in [5.74, 6) is 0.400. The fourth-order valence-corrected chi connectivity index (χ4v) is 2.68. The van der Waals surface area contributed by atoms with Crippen molar-refractivity contribution in [3.8, 4) is 0 Å². The molecule has 0 aromatic carbocycles. The van der Waals surface area contributed by atoms with Gasteiger partial charge in [-0.15, -0.1) is 9.61 Å². The van der Waals surface area contributed by atoms with Gasteiger partial charge in [-0.2, -0.15) is 13.2 Å². The summed E-state index contributed by atoms with van der Waals surface area (Å²) in [4.78, 5) is 22.4. The molecule has 3 aromatic heterocycles. The van der Waals surface area contributed by atoms with Gasteiger partial charge < -0.3 is 0 Å². The Balaban J connectivity index is 2.14. The van der Waals surface area contributed by atoms with E-state index < -0.39 is 18.3 Å². The van der Waals surface area contributed by atoms with Gasteiger partial charge in [0.05, 0.1) is 6.54 Å². The molecule has 22 heavy (non-hydrogen) atoms.